The molecular formula is C30H51NO4. The first-order valence-electron chi connectivity index (χ1n) is 14.8. The number of ether oxygens (including phenoxy) is 4. The van der Waals surface area contributed by atoms with Gasteiger partial charge in [-0.2, -0.15) is 5.26 Å². The smallest absolute Gasteiger partial charge is 0.162 e. The summed E-state index contributed by atoms with van der Waals surface area (Å²) in [4.78, 5) is 0. The molecule has 5 heteroatoms. The van der Waals surface area contributed by atoms with E-state index in [4.69, 9.17) is 18.9 Å². The molecule has 3 unspecified atom stereocenters. The van der Waals surface area contributed by atoms with Crippen LogP contribution in [0.2, 0.25) is 0 Å². The summed E-state index contributed by atoms with van der Waals surface area (Å²) in [6.07, 6.45) is 12.4. The van der Waals surface area contributed by atoms with Crippen LogP contribution in [-0.2, 0) is 18.9 Å². The largest absolute Gasteiger partial charge is 0.353 e. The summed E-state index contributed by atoms with van der Waals surface area (Å²) in [6, 6.07) is 2.68. The van der Waals surface area contributed by atoms with Crippen molar-refractivity contribution in [1.82, 2.24) is 0 Å². The average Bonchev–Trinajstić information content (AvgIpc) is 3.11. The maximum atomic E-state index is 10.4. The molecule has 5 nitrogen and oxygen atoms in total. The van der Waals surface area contributed by atoms with Crippen molar-refractivity contribution in [3.05, 3.63) is 0 Å². The van der Waals surface area contributed by atoms with E-state index in [-0.39, 0.29) is 23.6 Å². The molecule has 4 saturated carbocycles. The first kappa shape index (κ1) is 27.4. The minimum atomic E-state index is -0.708. The van der Waals surface area contributed by atoms with Crippen LogP contribution in [0.15, 0.2) is 0 Å². The molecule has 10 atom stereocenters. The van der Waals surface area contributed by atoms with E-state index in [2.05, 4.69) is 26.8 Å². The summed E-state index contributed by atoms with van der Waals surface area (Å²) in [5.41, 5.74) is -0.787. The highest BCUT2D eigenvalue weighted by molar-refractivity contribution is 5.21. The van der Waals surface area contributed by atoms with E-state index in [1.54, 1.807) is 0 Å². The predicted molar refractivity (Wildman–Crippen MR) is 137 cm³/mol. The van der Waals surface area contributed by atoms with E-state index in [0.29, 0.717) is 19.1 Å². The van der Waals surface area contributed by atoms with Crippen LogP contribution in [0.3, 0.4) is 0 Å². The molecule has 0 aromatic rings. The van der Waals surface area contributed by atoms with Gasteiger partial charge in [-0.1, -0.05) is 20.3 Å². The van der Waals surface area contributed by atoms with Crippen LogP contribution in [0.1, 0.15) is 112 Å². The number of hydrogen-bond acceptors (Lipinski definition) is 5. The van der Waals surface area contributed by atoms with Gasteiger partial charge in [-0.25, -0.2) is 0 Å². The number of nitrogens with zero attached hydrogens (tertiary/aromatic N) is 1. The minimum Gasteiger partial charge on any atom is -0.353 e. The lowest BCUT2D eigenvalue weighted by molar-refractivity contribution is -0.234. The SMILES string of the molecule is CCC[C@@]1(OC(C)OCC)CC[C@H]2[C@H](CC[C@@H]3[C@@H]2CC[C@@]2(C)[C@H]3CCC2(C#N)OC(C)OCC)C1. The highest BCUT2D eigenvalue weighted by Gasteiger charge is 2.65. The molecule has 0 aromatic heterocycles. The Morgan fingerprint density at radius 1 is 0.829 bits per heavy atom. The Morgan fingerprint density at radius 2 is 1.51 bits per heavy atom. The molecule has 0 spiro atoms. The molecule has 0 amide bonds. The van der Waals surface area contributed by atoms with Crippen molar-refractivity contribution in [3.8, 4) is 6.07 Å². The monoisotopic (exact) mass is 489 g/mol. The molecule has 0 radical (unpaired) electrons. The van der Waals surface area contributed by atoms with E-state index in [0.717, 1.165) is 49.4 Å². The maximum Gasteiger partial charge on any atom is 0.162 e. The number of nitriles is 1. The first-order valence-corrected chi connectivity index (χ1v) is 14.8. The lowest BCUT2D eigenvalue weighted by Gasteiger charge is -2.58. The van der Waals surface area contributed by atoms with Gasteiger partial charge in [0.25, 0.3) is 0 Å². The molecule has 35 heavy (non-hydrogen) atoms. The van der Waals surface area contributed by atoms with E-state index < -0.39 is 5.60 Å². The van der Waals surface area contributed by atoms with Crippen LogP contribution in [0, 0.1) is 46.3 Å². The van der Waals surface area contributed by atoms with Crippen molar-refractivity contribution in [2.45, 2.75) is 136 Å². The van der Waals surface area contributed by atoms with Crippen LogP contribution in [-0.4, -0.2) is 37.0 Å². The molecule has 4 aliphatic carbocycles. The van der Waals surface area contributed by atoms with Gasteiger partial charge in [0.05, 0.1) is 11.7 Å². The van der Waals surface area contributed by atoms with Gasteiger partial charge in [-0.05, 0) is 121 Å². The second-order valence-electron chi connectivity index (χ2n) is 12.3. The van der Waals surface area contributed by atoms with E-state index in [1.165, 1.54) is 44.9 Å². The van der Waals surface area contributed by atoms with Gasteiger partial charge >= 0.3 is 0 Å². The molecule has 0 N–H and O–H groups in total. The Hall–Kier alpha value is -0.670. The molecule has 4 fully saturated rings. The van der Waals surface area contributed by atoms with Gasteiger partial charge in [0.1, 0.15) is 0 Å². The predicted octanol–water partition coefficient (Wildman–Crippen LogP) is 7.24. The minimum absolute atomic E-state index is 0.00685. The zero-order valence-electron chi connectivity index (χ0n) is 23.3. The third kappa shape index (κ3) is 4.95. The Balaban J connectivity index is 1.48. The molecule has 0 aromatic carbocycles. The summed E-state index contributed by atoms with van der Waals surface area (Å²) in [5, 5.41) is 10.4. The Bertz CT molecular complexity index is 753. The van der Waals surface area contributed by atoms with Crippen molar-refractivity contribution in [3.63, 3.8) is 0 Å². The standard InChI is InChI=1S/C30H51NO4/c1-7-15-29(34-21(4)32-8-2)17-13-24-23(19-29)10-11-26-25(24)12-16-28(6)27(26)14-18-30(28,20-31)35-22(5)33-9-3/h21-27H,7-19H2,1-6H3/t21?,22?,23-,24+,25-,26-,27+,28+,29-,30?/m1/s1. The van der Waals surface area contributed by atoms with Crippen LogP contribution >= 0.6 is 0 Å². The molecule has 0 bridgehead atoms. The third-order valence-corrected chi connectivity index (χ3v) is 10.7. The fourth-order valence-corrected chi connectivity index (χ4v) is 9.37. The van der Waals surface area contributed by atoms with Crippen LogP contribution in [0.25, 0.3) is 0 Å². The highest BCUT2D eigenvalue weighted by atomic mass is 16.7. The normalized spacial score (nSPS) is 44.5. The molecule has 4 rings (SSSR count). The van der Waals surface area contributed by atoms with Crippen LogP contribution in [0.5, 0.6) is 0 Å². The summed E-state index contributed by atoms with van der Waals surface area (Å²) < 4.78 is 24.6. The Labute approximate surface area is 214 Å². The van der Waals surface area contributed by atoms with Gasteiger partial charge in [0.15, 0.2) is 18.2 Å². The fourth-order valence-electron chi connectivity index (χ4n) is 9.37. The lowest BCUT2D eigenvalue weighted by atomic mass is 9.48. The van der Waals surface area contributed by atoms with Crippen LogP contribution in [0.4, 0.5) is 0 Å². The molecule has 0 saturated heterocycles. The molecule has 0 heterocycles. The molecule has 4 aliphatic rings. The zero-order valence-corrected chi connectivity index (χ0v) is 23.3. The topological polar surface area (TPSA) is 60.7 Å². The van der Waals surface area contributed by atoms with E-state index in [1.807, 2.05) is 20.8 Å². The van der Waals surface area contributed by atoms with Gasteiger partial charge in [0, 0.05) is 18.6 Å². The quantitative estimate of drug-likeness (QED) is 0.303. The van der Waals surface area contributed by atoms with Gasteiger partial charge < -0.3 is 18.9 Å². The first-order chi connectivity index (χ1) is 16.8. The van der Waals surface area contributed by atoms with Gasteiger partial charge in [0.2, 0.25) is 0 Å². The second-order valence-corrected chi connectivity index (χ2v) is 12.3. The van der Waals surface area contributed by atoms with Crippen molar-refractivity contribution in [1.29, 1.82) is 5.26 Å². The van der Waals surface area contributed by atoms with Crippen molar-refractivity contribution in [2.75, 3.05) is 13.2 Å². The third-order valence-electron chi connectivity index (χ3n) is 10.7. The van der Waals surface area contributed by atoms with Crippen molar-refractivity contribution in [2.24, 2.45) is 35.0 Å². The average molecular weight is 490 g/mol. The van der Waals surface area contributed by atoms with Crippen LogP contribution < -0.4 is 0 Å². The summed E-state index contributed by atoms with van der Waals surface area (Å²) in [6.45, 7) is 14.0. The number of fused-ring (bicyclic) bond motifs is 5. The van der Waals surface area contributed by atoms with Crippen molar-refractivity contribution >= 4 is 0 Å². The number of rotatable bonds is 10. The lowest BCUT2D eigenvalue weighted by Crippen LogP contribution is -2.56. The van der Waals surface area contributed by atoms with Gasteiger partial charge in [-0.3, -0.25) is 0 Å². The van der Waals surface area contributed by atoms with E-state index in [9.17, 15) is 5.26 Å². The fraction of sp³-hybridized carbons (Fsp3) is 0.967. The summed E-state index contributed by atoms with van der Waals surface area (Å²) in [5.74, 6) is 3.71. The second kappa shape index (κ2) is 11.0. The molecule has 200 valence electrons. The van der Waals surface area contributed by atoms with E-state index >= 15 is 0 Å². The molecule has 0 aliphatic heterocycles. The molecular weight excluding hydrogens is 438 g/mol. The maximum absolute atomic E-state index is 10.4. The van der Waals surface area contributed by atoms with Crippen molar-refractivity contribution < 1.29 is 18.9 Å². The number of hydrogen-bond donors (Lipinski definition) is 0. The Kier molecular flexibility index (Phi) is 8.58. The zero-order chi connectivity index (χ0) is 25.3. The summed E-state index contributed by atoms with van der Waals surface area (Å²) >= 11 is 0. The Morgan fingerprint density at radius 3 is 2.17 bits per heavy atom. The van der Waals surface area contributed by atoms with Gasteiger partial charge in [-0.15, -0.1) is 0 Å². The highest BCUT2D eigenvalue weighted by Crippen LogP contribution is 2.66. The summed E-state index contributed by atoms with van der Waals surface area (Å²) in [7, 11) is 0.